The molecular weight excluding hydrogens is 278 g/mol. The Bertz CT molecular complexity index is 386. The maximum atomic E-state index is 11.9. The van der Waals surface area contributed by atoms with Crippen molar-refractivity contribution in [1.29, 1.82) is 0 Å². The Labute approximate surface area is 123 Å². The molecule has 1 heterocycles. The number of nitrogens with one attached hydrogen (secondary N) is 2. The van der Waals surface area contributed by atoms with Crippen LogP contribution in [-0.2, 0) is 14.3 Å². The van der Waals surface area contributed by atoms with E-state index in [2.05, 4.69) is 10.6 Å². The SMILES string of the molecule is CC(C)NC(=O)CCNC(=O)N1CCOC(CC(=O)O)C1. The number of carbonyl (C=O) groups is 3. The highest BCUT2D eigenvalue weighted by Gasteiger charge is 2.25. The molecule has 1 rings (SSSR count). The molecule has 21 heavy (non-hydrogen) atoms. The number of nitrogens with zero attached hydrogens (tertiary/aromatic N) is 1. The van der Waals surface area contributed by atoms with Gasteiger partial charge in [0.05, 0.1) is 19.1 Å². The monoisotopic (exact) mass is 301 g/mol. The fourth-order valence-electron chi connectivity index (χ4n) is 2.01. The van der Waals surface area contributed by atoms with Crippen LogP contribution >= 0.6 is 0 Å². The first-order valence-electron chi connectivity index (χ1n) is 7.04. The number of morpholine rings is 1. The third-order valence-corrected chi connectivity index (χ3v) is 2.91. The number of hydrogen-bond acceptors (Lipinski definition) is 4. The summed E-state index contributed by atoms with van der Waals surface area (Å²) in [6.45, 7) is 4.97. The van der Waals surface area contributed by atoms with E-state index in [0.29, 0.717) is 13.2 Å². The first-order chi connectivity index (χ1) is 9.88. The predicted octanol–water partition coefficient (Wildman–Crippen LogP) is -0.214. The second kappa shape index (κ2) is 8.46. The van der Waals surface area contributed by atoms with Crippen LogP contribution in [0.3, 0.4) is 0 Å². The van der Waals surface area contributed by atoms with Gasteiger partial charge in [-0.1, -0.05) is 0 Å². The number of carbonyl (C=O) groups excluding carboxylic acids is 2. The molecular formula is C13H23N3O5. The van der Waals surface area contributed by atoms with Crippen LogP contribution in [0.5, 0.6) is 0 Å². The number of ether oxygens (including phenoxy) is 1. The molecule has 0 spiro atoms. The van der Waals surface area contributed by atoms with Crippen LogP contribution in [0.2, 0.25) is 0 Å². The Hall–Kier alpha value is -1.83. The van der Waals surface area contributed by atoms with Gasteiger partial charge in [0.15, 0.2) is 0 Å². The summed E-state index contributed by atoms with van der Waals surface area (Å²) >= 11 is 0. The van der Waals surface area contributed by atoms with Crippen LogP contribution in [-0.4, -0.2) is 66.3 Å². The van der Waals surface area contributed by atoms with Crippen molar-refractivity contribution in [2.24, 2.45) is 0 Å². The summed E-state index contributed by atoms with van der Waals surface area (Å²) in [4.78, 5) is 35.5. The van der Waals surface area contributed by atoms with Crippen molar-refractivity contribution in [2.45, 2.75) is 38.8 Å². The number of carboxylic acid groups (broad SMARTS) is 1. The maximum absolute atomic E-state index is 11.9. The number of hydrogen-bond donors (Lipinski definition) is 3. The van der Waals surface area contributed by atoms with Crippen molar-refractivity contribution < 1.29 is 24.2 Å². The van der Waals surface area contributed by atoms with Crippen molar-refractivity contribution in [2.75, 3.05) is 26.2 Å². The van der Waals surface area contributed by atoms with Gasteiger partial charge in [0.2, 0.25) is 5.91 Å². The van der Waals surface area contributed by atoms with Crippen LogP contribution in [0.15, 0.2) is 0 Å². The highest BCUT2D eigenvalue weighted by molar-refractivity contribution is 5.78. The van der Waals surface area contributed by atoms with E-state index >= 15 is 0 Å². The van der Waals surface area contributed by atoms with E-state index < -0.39 is 12.1 Å². The molecule has 3 amide bonds. The Balaban J connectivity index is 2.28. The van der Waals surface area contributed by atoms with Gasteiger partial charge in [0, 0.05) is 32.1 Å². The lowest BCUT2D eigenvalue weighted by Crippen LogP contribution is -2.50. The number of urea groups is 1. The fraction of sp³-hybridized carbons (Fsp3) is 0.769. The minimum Gasteiger partial charge on any atom is -0.481 e. The molecule has 0 aromatic carbocycles. The lowest BCUT2D eigenvalue weighted by molar-refractivity contribution is -0.141. The molecule has 0 aliphatic carbocycles. The number of rotatable bonds is 6. The van der Waals surface area contributed by atoms with Crippen molar-refractivity contribution in [3.8, 4) is 0 Å². The summed E-state index contributed by atoms with van der Waals surface area (Å²) in [6.07, 6.45) is -0.390. The second-order valence-electron chi connectivity index (χ2n) is 5.24. The number of amides is 3. The van der Waals surface area contributed by atoms with E-state index in [-0.39, 0.29) is 43.9 Å². The van der Waals surface area contributed by atoms with Crippen molar-refractivity contribution >= 4 is 17.9 Å². The van der Waals surface area contributed by atoms with Gasteiger partial charge < -0.3 is 25.4 Å². The molecule has 1 aliphatic rings. The summed E-state index contributed by atoms with van der Waals surface area (Å²) in [5, 5.41) is 14.1. The molecule has 0 bridgehead atoms. The van der Waals surface area contributed by atoms with Gasteiger partial charge in [-0.05, 0) is 13.8 Å². The number of carboxylic acids is 1. The molecule has 1 atom stereocenters. The summed E-state index contributed by atoms with van der Waals surface area (Å²) in [5.74, 6) is -1.07. The average Bonchev–Trinajstić information content (AvgIpc) is 2.37. The molecule has 3 N–H and O–H groups in total. The second-order valence-corrected chi connectivity index (χ2v) is 5.24. The van der Waals surface area contributed by atoms with Crippen LogP contribution < -0.4 is 10.6 Å². The Kier molecular flexibility index (Phi) is 6.93. The number of aliphatic carboxylic acids is 1. The molecule has 1 saturated heterocycles. The standard InChI is InChI=1S/C13H23N3O5/c1-9(2)15-11(17)3-4-14-13(20)16-5-6-21-10(8-16)7-12(18)19/h9-10H,3-8H2,1-2H3,(H,14,20)(H,15,17)(H,18,19). The molecule has 120 valence electrons. The zero-order valence-electron chi connectivity index (χ0n) is 12.4. The van der Waals surface area contributed by atoms with E-state index in [1.54, 1.807) is 0 Å². The first-order valence-corrected chi connectivity index (χ1v) is 7.04. The van der Waals surface area contributed by atoms with Crippen LogP contribution in [0.25, 0.3) is 0 Å². The lowest BCUT2D eigenvalue weighted by Gasteiger charge is -2.32. The topological polar surface area (TPSA) is 108 Å². The van der Waals surface area contributed by atoms with E-state index in [1.165, 1.54) is 4.90 Å². The summed E-state index contributed by atoms with van der Waals surface area (Å²) in [7, 11) is 0. The quantitative estimate of drug-likeness (QED) is 0.629. The highest BCUT2D eigenvalue weighted by Crippen LogP contribution is 2.08. The van der Waals surface area contributed by atoms with Gasteiger partial charge in [0.25, 0.3) is 0 Å². The van der Waals surface area contributed by atoms with Crippen LogP contribution in [0, 0.1) is 0 Å². The highest BCUT2D eigenvalue weighted by atomic mass is 16.5. The molecule has 1 aliphatic heterocycles. The molecule has 0 aromatic heterocycles. The summed E-state index contributed by atoms with van der Waals surface area (Å²) in [5.41, 5.74) is 0. The first kappa shape index (κ1) is 17.2. The maximum Gasteiger partial charge on any atom is 0.317 e. The van der Waals surface area contributed by atoms with Gasteiger partial charge in [0.1, 0.15) is 0 Å². The van der Waals surface area contributed by atoms with E-state index in [1.807, 2.05) is 13.8 Å². The summed E-state index contributed by atoms with van der Waals surface area (Å²) in [6, 6.07) is -0.227. The zero-order valence-corrected chi connectivity index (χ0v) is 12.4. The third-order valence-electron chi connectivity index (χ3n) is 2.91. The molecule has 0 aromatic rings. The van der Waals surface area contributed by atoms with Gasteiger partial charge in [-0.2, -0.15) is 0 Å². The van der Waals surface area contributed by atoms with E-state index in [9.17, 15) is 14.4 Å². The normalized spacial score (nSPS) is 18.4. The molecule has 8 heteroatoms. The van der Waals surface area contributed by atoms with Crippen molar-refractivity contribution in [1.82, 2.24) is 15.5 Å². The molecule has 1 unspecified atom stereocenters. The Morgan fingerprint density at radius 1 is 1.38 bits per heavy atom. The average molecular weight is 301 g/mol. The smallest absolute Gasteiger partial charge is 0.317 e. The van der Waals surface area contributed by atoms with Gasteiger partial charge in [-0.15, -0.1) is 0 Å². The predicted molar refractivity (Wildman–Crippen MR) is 74.9 cm³/mol. The van der Waals surface area contributed by atoms with Crippen molar-refractivity contribution in [3.63, 3.8) is 0 Å². The minimum absolute atomic E-state index is 0.0734. The Morgan fingerprint density at radius 2 is 2.10 bits per heavy atom. The molecule has 0 saturated carbocycles. The van der Waals surface area contributed by atoms with Crippen molar-refractivity contribution in [3.05, 3.63) is 0 Å². The lowest BCUT2D eigenvalue weighted by atomic mass is 10.2. The largest absolute Gasteiger partial charge is 0.481 e. The summed E-state index contributed by atoms with van der Waals surface area (Å²) < 4.78 is 5.29. The van der Waals surface area contributed by atoms with Gasteiger partial charge >= 0.3 is 12.0 Å². The molecule has 1 fully saturated rings. The Morgan fingerprint density at radius 3 is 2.71 bits per heavy atom. The molecule has 8 nitrogen and oxygen atoms in total. The van der Waals surface area contributed by atoms with Gasteiger partial charge in [-0.3, -0.25) is 9.59 Å². The van der Waals surface area contributed by atoms with Crippen LogP contribution in [0.4, 0.5) is 4.79 Å². The van der Waals surface area contributed by atoms with Gasteiger partial charge in [-0.25, -0.2) is 4.79 Å². The van der Waals surface area contributed by atoms with E-state index in [0.717, 1.165) is 0 Å². The van der Waals surface area contributed by atoms with Crippen LogP contribution in [0.1, 0.15) is 26.7 Å². The third kappa shape index (κ3) is 6.94. The minimum atomic E-state index is -0.951. The fourth-order valence-corrected chi connectivity index (χ4v) is 2.01. The van der Waals surface area contributed by atoms with E-state index in [4.69, 9.17) is 9.84 Å². The zero-order chi connectivity index (χ0) is 15.8. The molecule has 0 radical (unpaired) electrons.